The molecule has 0 radical (unpaired) electrons. The Labute approximate surface area is 228 Å². The summed E-state index contributed by atoms with van der Waals surface area (Å²) in [6, 6.07) is 13.0. The molecular formula is C30H35N3O6. The third-order valence-electron chi connectivity index (χ3n) is 6.75. The number of benzene rings is 2. The first-order chi connectivity index (χ1) is 18.3. The van der Waals surface area contributed by atoms with Crippen LogP contribution < -0.4 is 5.48 Å². The highest BCUT2D eigenvalue weighted by atomic mass is 16.7. The van der Waals surface area contributed by atoms with E-state index in [2.05, 4.69) is 5.48 Å². The van der Waals surface area contributed by atoms with Crippen molar-refractivity contribution in [2.75, 3.05) is 6.54 Å². The number of carbonyl (C=O) groups excluding carboxylic acids is 3. The lowest BCUT2D eigenvalue weighted by Gasteiger charge is -2.29. The van der Waals surface area contributed by atoms with E-state index in [1.807, 2.05) is 65.8 Å². The Balaban J connectivity index is 1.59. The summed E-state index contributed by atoms with van der Waals surface area (Å²) < 4.78 is 12.9. The van der Waals surface area contributed by atoms with Gasteiger partial charge in [-0.2, -0.15) is 0 Å². The normalized spacial score (nSPS) is 17.6. The summed E-state index contributed by atoms with van der Waals surface area (Å²) in [5.74, 6) is -0.369. The molecule has 2 amide bonds. The largest absolute Gasteiger partial charge is 0.444 e. The minimum atomic E-state index is -0.717. The van der Waals surface area contributed by atoms with E-state index in [9.17, 15) is 14.4 Å². The highest BCUT2D eigenvalue weighted by molar-refractivity contribution is 6.12. The minimum Gasteiger partial charge on any atom is -0.444 e. The summed E-state index contributed by atoms with van der Waals surface area (Å²) in [6.45, 7) is 11.8. The van der Waals surface area contributed by atoms with Gasteiger partial charge in [0, 0.05) is 17.5 Å². The van der Waals surface area contributed by atoms with Gasteiger partial charge < -0.3 is 14.4 Å². The van der Waals surface area contributed by atoms with E-state index in [4.69, 9.17) is 14.3 Å². The highest BCUT2D eigenvalue weighted by Gasteiger charge is 2.34. The van der Waals surface area contributed by atoms with Crippen LogP contribution in [0.4, 0.5) is 9.59 Å². The summed E-state index contributed by atoms with van der Waals surface area (Å²) in [5.41, 5.74) is 5.25. The van der Waals surface area contributed by atoms with Crippen molar-refractivity contribution < 1.29 is 28.7 Å². The Bertz CT molecular complexity index is 1440. The maximum absolute atomic E-state index is 13.5. The molecule has 1 fully saturated rings. The minimum absolute atomic E-state index is 0.0845. The molecule has 39 heavy (non-hydrogen) atoms. The molecule has 2 aliphatic rings. The molecule has 9 heteroatoms. The molecule has 3 aromatic rings. The molecule has 2 aromatic carbocycles. The molecule has 9 nitrogen and oxygen atoms in total. The average Bonchev–Trinajstić information content (AvgIpc) is 3.41. The van der Waals surface area contributed by atoms with Crippen molar-refractivity contribution in [3.8, 4) is 11.3 Å². The molecule has 5 rings (SSSR count). The predicted molar refractivity (Wildman–Crippen MR) is 146 cm³/mol. The summed E-state index contributed by atoms with van der Waals surface area (Å²) in [6.07, 6.45) is 0.876. The van der Waals surface area contributed by atoms with E-state index in [-0.39, 0.29) is 24.6 Å². The Morgan fingerprint density at radius 2 is 1.62 bits per heavy atom. The average molecular weight is 534 g/mol. The number of hydrogen-bond donors (Lipinski definition) is 1. The number of likely N-dealkylation sites (tertiary alicyclic amines) is 1. The molecule has 0 bridgehead atoms. The zero-order chi connectivity index (χ0) is 28.1. The van der Waals surface area contributed by atoms with Gasteiger partial charge in [-0.15, -0.1) is 0 Å². The fourth-order valence-electron chi connectivity index (χ4n) is 5.29. The molecule has 2 aliphatic heterocycles. The number of nitrogens with zero attached hydrogens (tertiary/aromatic N) is 2. The van der Waals surface area contributed by atoms with Crippen LogP contribution in [0.3, 0.4) is 0 Å². The molecule has 1 saturated heterocycles. The molecule has 0 spiro atoms. The van der Waals surface area contributed by atoms with E-state index in [0.29, 0.717) is 34.3 Å². The van der Waals surface area contributed by atoms with E-state index in [0.717, 1.165) is 24.0 Å². The van der Waals surface area contributed by atoms with Gasteiger partial charge in [-0.05, 0) is 77.6 Å². The number of rotatable bonds is 2. The number of carbonyl (C=O) groups is 3. The second kappa shape index (κ2) is 9.72. The van der Waals surface area contributed by atoms with Crippen LogP contribution in [-0.2, 0) is 20.9 Å². The summed E-state index contributed by atoms with van der Waals surface area (Å²) >= 11 is 0. The van der Waals surface area contributed by atoms with Crippen LogP contribution in [0.15, 0.2) is 42.5 Å². The molecule has 1 atom stereocenters. The lowest BCUT2D eigenvalue weighted by Crippen LogP contribution is -2.36. The van der Waals surface area contributed by atoms with Gasteiger partial charge in [0.1, 0.15) is 17.8 Å². The number of hydrogen-bond acceptors (Lipinski definition) is 6. The number of amides is 2. The van der Waals surface area contributed by atoms with Crippen molar-refractivity contribution in [1.82, 2.24) is 14.9 Å². The molecule has 1 unspecified atom stereocenters. The van der Waals surface area contributed by atoms with Gasteiger partial charge in [-0.1, -0.05) is 30.3 Å². The van der Waals surface area contributed by atoms with Gasteiger partial charge in [-0.25, -0.2) is 19.6 Å². The van der Waals surface area contributed by atoms with Gasteiger partial charge in [0.05, 0.1) is 22.8 Å². The first kappa shape index (κ1) is 26.7. The predicted octanol–water partition coefficient (Wildman–Crippen LogP) is 6.34. The number of aromatic nitrogens is 1. The third kappa shape index (κ3) is 5.23. The fourth-order valence-corrected chi connectivity index (χ4v) is 5.29. The topological polar surface area (TPSA) is 99.1 Å². The fraction of sp³-hybridized carbons (Fsp3) is 0.433. The highest BCUT2D eigenvalue weighted by Crippen LogP contribution is 2.39. The summed E-state index contributed by atoms with van der Waals surface area (Å²) in [4.78, 5) is 46.4. The molecule has 0 aliphatic carbocycles. The molecule has 206 valence electrons. The molecule has 3 heterocycles. The summed E-state index contributed by atoms with van der Waals surface area (Å²) in [5, 5.41) is 0.657. The van der Waals surface area contributed by atoms with Crippen molar-refractivity contribution >= 4 is 29.0 Å². The Morgan fingerprint density at radius 3 is 2.28 bits per heavy atom. The molecule has 1 N–H and O–H groups in total. The maximum atomic E-state index is 13.5. The summed E-state index contributed by atoms with van der Waals surface area (Å²) in [7, 11) is 0. The SMILES string of the molecule is CC(C)(C)OC(=O)N1CCCC1c1ccc(-c2c3c4c(cccc4n2C(=O)OC(C)(C)C)C(=O)NOC3)cc1. The number of nitrogens with one attached hydrogen (secondary N) is 1. The van der Waals surface area contributed by atoms with E-state index in [1.165, 1.54) is 4.57 Å². The maximum Gasteiger partial charge on any atom is 0.419 e. The van der Waals surface area contributed by atoms with Crippen LogP contribution in [0.5, 0.6) is 0 Å². The monoisotopic (exact) mass is 533 g/mol. The smallest absolute Gasteiger partial charge is 0.419 e. The quantitative estimate of drug-likeness (QED) is 0.413. The standard InChI is InChI=1S/C30H35N3O6/c1-29(2,3)38-27(35)32-16-8-11-22(32)18-12-14-19(15-13-18)25-21-17-37-31-26(34)20-9-7-10-23(24(20)21)33(25)28(36)39-30(4,5)6/h7,9-10,12-15,22H,8,11,16-17H2,1-6H3,(H,31,34). The van der Waals surface area contributed by atoms with E-state index >= 15 is 0 Å². The molecular weight excluding hydrogens is 498 g/mol. The van der Waals surface area contributed by atoms with Gasteiger partial charge in [0.2, 0.25) is 0 Å². The van der Waals surface area contributed by atoms with Crippen LogP contribution in [0.25, 0.3) is 22.2 Å². The van der Waals surface area contributed by atoms with Crippen LogP contribution >= 0.6 is 0 Å². The number of hydroxylamine groups is 1. The van der Waals surface area contributed by atoms with Gasteiger partial charge >= 0.3 is 12.2 Å². The van der Waals surface area contributed by atoms with Gasteiger partial charge in [-0.3, -0.25) is 9.63 Å². The van der Waals surface area contributed by atoms with Crippen LogP contribution in [-0.4, -0.2) is 45.3 Å². The molecule has 1 aromatic heterocycles. The lowest BCUT2D eigenvalue weighted by atomic mass is 9.99. The Morgan fingerprint density at radius 1 is 0.949 bits per heavy atom. The van der Waals surface area contributed by atoms with Crippen molar-refractivity contribution in [1.29, 1.82) is 0 Å². The van der Waals surface area contributed by atoms with Gasteiger partial charge in [0.25, 0.3) is 5.91 Å². The Hall–Kier alpha value is -3.85. The van der Waals surface area contributed by atoms with E-state index < -0.39 is 17.3 Å². The number of ether oxygens (including phenoxy) is 2. The first-order valence-corrected chi connectivity index (χ1v) is 13.3. The van der Waals surface area contributed by atoms with Crippen LogP contribution in [0, 0.1) is 0 Å². The van der Waals surface area contributed by atoms with Crippen molar-refractivity contribution in [3.05, 3.63) is 59.2 Å². The van der Waals surface area contributed by atoms with E-state index in [1.54, 1.807) is 23.1 Å². The zero-order valence-electron chi connectivity index (χ0n) is 23.3. The van der Waals surface area contributed by atoms with Crippen molar-refractivity contribution in [3.63, 3.8) is 0 Å². The van der Waals surface area contributed by atoms with Crippen LogP contribution in [0.2, 0.25) is 0 Å². The van der Waals surface area contributed by atoms with Crippen LogP contribution in [0.1, 0.15) is 81.9 Å². The molecule has 0 saturated carbocycles. The first-order valence-electron chi connectivity index (χ1n) is 13.3. The lowest BCUT2D eigenvalue weighted by molar-refractivity contribution is 0.0223. The second-order valence-corrected chi connectivity index (χ2v) is 12.0. The zero-order valence-corrected chi connectivity index (χ0v) is 23.3. The van der Waals surface area contributed by atoms with Gasteiger partial charge in [0.15, 0.2) is 0 Å². The second-order valence-electron chi connectivity index (χ2n) is 12.0. The Kier molecular flexibility index (Phi) is 6.66. The third-order valence-corrected chi connectivity index (χ3v) is 6.75. The van der Waals surface area contributed by atoms with Crippen molar-refractivity contribution in [2.24, 2.45) is 0 Å². The van der Waals surface area contributed by atoms with Crippen molar-refractivity contribution in [2.45, 2.75) is 78.2 Å².